The van der Waals surface area contributed by atoms with Crippen LogP contribution in [0.5, 0.6) is 0 Å². The molecule has 0 aromatic carbocycles. The Labute approximate surface area is 116 Å². The van der Waals surface area contributed by atoms with Gasteiger partial charge in [-0.3, -0.25) is 4.84 Å². The summed E-state index contributed by atoms with van der Waals surface area (Å²) in [6, 6.07) is 0.0115. The standard InChI is InChI=1S/C13H19NO6/c1-13(2)18-5-3-14-8(10(5)19-13)7-9(15)6-4-16-12(17-6)11(7)20-14/h5-12,15H,3-4H2,1-2H3/t5-,6-,7-,8+,9-,10-,11-,12+/m1/s1. The number of ether oxygens (including phenoxy) is 4. The highest BCUT2D eigenvalue weighted by atomic mass is 16.8. The summed E-state index contributed by atoms with van der Waals surface area (Å²) in [7, 11) is 0. The molecule has 0 spiro atoms. The number of nitrogens with zero attached hydrogens (tertiary/aromatic N) is 1. The largest absolute Gasteiger partial charge is 0.390 e. The van der Waals surface area contributed by atoms with Crippen LogP contribution in [0.15, 0.2) is 0 Å². The maximum Gasteiger partial charge on any atom is 0.186 e. The first kappa shape index (κ1) is 12.3. The summed E-state index contributed by atoms with van der Waals surface area (Å²) in [4.78, 5) is 5.96. The van der Waals surface area contributed by atoms with E-state index >= 15 is 0 Å². The van der Waals surface area contributed by atoms with Gasteiger partial charge in [0, 0.05) is 5.92 Å². The first-order valence-corrected chi connectivity index (χ1v) is 7.28. The number of aliphatic hydroxyl groups excluding tert-OH is 1. The van der Waals surface area contributed by atoms with E-state index < -0.39 is 11.9 Å². The average Bonchev–Trinajstić information content (AvgIpc) is 3.04. The van der Waals surface area contributed by atoms with Gasteiger partial charge in [-0.2, -0.15) is 5.06 Å². The predicted octanol–water partition coefficient (Wildman–Crippen LogP) is -0.763. The highest BCUT2D eigenvalue weighted by molar-refractivity contribution is 5.10. The Bertz CT molecular complexity index is 445. The Morgan fingerprint density at radius 3 is 2.85 bits per heavy atom. The lowest BCUT2D eigenvalue weighted by molar-refractivity contribution is -0.250. The van der Waals surface area contributed by atoms with Gasteiger partial charge in [-0.1, -0.05) is 0 Å². The maximum atomic E-state index is 10.6. The molecule has 0 aliphatic carbocycles. The van der Waals surface area contributed by atoms with Crippen molar-refractivity contribution < 1.29 is 28.9 Å². The van der Waals surface area contributed by atoms with E-state index in [1.54, 1.807) is 0 Å². The van der Waals surface area contributed by atoms with Crippen molar-refractivity contribution in [2.75, 3.05) is 13.2 Å². The van der Waals surface area contributed by atoms with E-state index in [1.807, 2.05) is 18.9 Å². The summed E-state index contributed by atoms with van der Waals surface area (Å²) in [6.07, 6.45) is -1.51. The minimum Gasteiger partial charge on any atom is -0.390 e. The zero-order chi connectivity index (χ0) is 13.6. The van der Waals surface area contributed by atoms with Gasteiger partial charge in [-0.05, 0) is 13.8 Å². The molecule has 7 nitrogen and oxygen atoms in total. The van der Waals surface area contributed by atoms with Crippen molar-refractivity contribution in [2.24, 2.45) is 5.92 Å². The van der Waals surface area contributed by atoms with Crippen molar-refractivity contribution >= 4 is 0 Å². The normalized spacial score (nSPS) is 59.5. The van der Waals surface area contributed by atoms with E-state index in [-0.39, 0.29) is 42.7 Å². The van der Waals surface area contributed by atoms with Gasteiger partial charge >= 0.3 is 0 Å². The van der Waals surface area contributed by atoms with E-state index in [4.69, 9.17) is 23.8 Å². The molecule has 0 radical (unpaired) electrons. The molecule has 0 aromatic heterocycles. The molecule has 5 aliphatic rings. The molecular weight excluding hydrogens is 266 g/mol. The summed E-state index contributed by atoms with van der Waals surface area (Å²) >= 11 is 0. The zero-order valence-electron chi connectivity index (χ0n) is 11.5. The van der Waals surface area contributed by atoms with Crippen molar-refractivity contribution in [2.45, 2.75) is 62.5 Å². The number of fused-ring (bicyclic) bond motifs is 8. The van der Waals surface area contributed by atoms with E-state index in [1.165, 1.54) is 0 Å². The van der Waals surface area contributed by atoms with Crippen molar-refractivity contribution in [1.82, 2.24) is 5.06 Å². The molecule has 112 valence electrons. The van der Waals surface area contributed by atoms with E-state index in [9.17, 15) is 5.11 Å². The fraction of sp³-hybridized carbons (Fsp3) is 1.00. The van der Waals surface area contributed by atoms with Gasteiger partial charge in [-0.15, -0.1) is 0 Å². The smallest absolute Gasteiger partial charge is 0.186 e. The van der Waals surface area contributed by atoms with Crippen LogP contribution in [-0.2, 0) is 23.8 Å². The second kappa shape index (κ2) is 3.73. The van der Waals surface area contributed by atoms with Crippen LogP contribution in [0.4, 0.5) is 0 Å². The highest BCUT2D eigenvalue weighted by Gasteiger charge is 2.66. The molecule has 5 rings (SSSR count). The first-order chi connectivity index (χ1) is 9.53. The number of hydrogen-bond donors (Lipinski definition) is 1. The predicted molar refractivity (Wildman–Crippen MR) is 63.3 cm³/mol. The topological polar surface area (TPSA) is 69.6 Å². The molecule has 5 heterocycles. The molecule has 1 N–H and O–H groups in total. The van der Waals surface area contributed by atoms with E-state index in [2.05, 4.69) is 0 Å². The third-order valence-electron chi connectivity index (χ3n) is 5.06. The van der Waals surface area contributed by atoms with Crippen LogP contribution >= 0.6 is 0 Å². The first-order valence-electron chi connectivity index (χ1n) is 7.28. The number of hydrogen-bond acceptors (Lipinski definition) is 7. The van der Waals surface area contributed by atoms with E-state index in [0.717, 1.165) is 0 Å². The highest BCUT2D eigenvalue weighted by Crippen LogP contribution is 2.49. The van der Waals surface area contributed by atoms with Crippen LogP contribution in [0.25, 0.3) is 0 Å². The minimum atomic E-state index is -0.584. The Morgan fingerprint density at radius 1 is 1.15 bits per heavy atom. The lowest BCUT2D eigenvalue weighted by Crippen LogP contribution is -2.53. The number of rotatable bonds is 0. The molecule has 8 atom stereocenters. The molecule has 20 heavy (non-hydrogen) atoms. The Hall–Kier alpha value is -0.280. The van der Waals surface area contributed by atoms with Gasteiger partial charge in [0.2, 0.25) is 0 Å². The maximum absolute atomic E-state index is 10.6. The molecule has 5 saturated heterocycles. The van der Waals surface area contributed by atoms with Crippen molar-refractivity contribution in [3.63, 3.8) is 0 Å². The minimum absolute atomic E-state index is 0.00423. The summed E-state index contributed by atoms with van der Waals surface area (Å²) < 4.78 is 23.2. The van der Waals surface area contributed by atoms with Crippen molar-refractivity contribution in [3.8, 4) is 0 Å². The van der Waals surface area contributed by atoms with Crippen LogP contribution in [0, 0.1) is 5.92 Å². The summed E-state index contributed by atoms with van der Waals surface area (Å²) in [6.45, 7) is 4.95. The summed E-state index contributed by atoms with van der Waals surface area (Å²) in [5.41, 5.74) is 0. The van der Waals surface area contributed by atoms with Gasteiger partial charge in [0.1, 0.15) is 24.4 Å². The quantitative estimate of drug-likeness (QED) is 0.627. The van der Waals surface area contributed by atoms with Crippen LogP contribution < -0.4 is 0 Å². The van der Waals surface area contributed by atoms with Gasteiger partial charge in [0.15, 0.2) is 12.1 Å². The van der Waals surface area contributed by atoms with Crippen LogP contribution in [0.3, 0.4) is 0 Å². The van der Waals surface area contributed by atoms with Crippen LogP contribution in [-0.4, -0.2) is 72.0 Å². The second-order valence-corrected chi connectivity index (χ2v) is 6.74. The summed E-state index contributed by atoms with van der Waals surface area (Å²) in [5.74, 6) is -0.612. The second-order valence-electron chi connectivity index (χ2n) is 6.74. The molecule has 0 unspecified atom stereocenters. The molecule has 5 fully saturated rings. The lowest BCUT2D eigenvalue weighted by atomic mass is 9.83. The molecule has 5 aliphatic heterocycles. The fourth-order valence-electron chi connectivity index (χ4n) is 4.37. The number of hydroxylamine groups is 2. The molecule has 2 bridgehead atoms. The van der Waals surface area contributed by atoms with Crippen LogP contribution in [0.2, 0.25) is 0 Å². The average molecular weight is 285 g/mol. The SMILES string of the molecule is CC1(C)O[C@H]2[C@@H]3[C@@H]4[C@H](O)[C@H]5CO[C@@H](O5)[C@@H]4ON3C[C@H]2O1. The van der Waals surface area contributed by atoms with Gasteiger partial charge in [0.05, 0.1) is 25.3 Å². The molecular formula is C13H19NO6. The zero-order valence-corrected chi connectivity index (χ0v) is 11.5. The third-order valence-corrected chi connectivity index (χ3v) is 5.06. The Morgan fingerprint density at radius 2 is 2.00 bits per heavy atom. The van der Waals surface area contributed by atoms with Crippen LogP contribution in [0.1, 0.15) is 13.8 Å². The Balaban J connectivity index is 1.48. The molecule has 0 saturated carbocycles. The van der Waals surface area contributed by atoms with Gasteiger partial charge < -0.3 is 24.1 Å². The molecule has 7 heteroatoms. The number of aliphatic hydroxyl groups is 1. The monoisotopic (exact) mass is 285 g/mol. The fourth-order valence-corrected chi connectivity index (χ4v) is 4.37. The van der Waals surface area contributed by atoms with E-state index in [0.29, 0.717) is 13.2 Å². The van der Waals surface area contributed by atoms with Crippen molar-refractivity contribution in [1.29, 1.82) is 0 Å². The lowest BCUT2D eigenvalue weighted by Gasteiger charge is -2.35. The third kappa shape index (κ3) is 1.44. The molecule has 0 amide bonds. The van der Waals surface area contributed by atoms with Gasteiger partial charge in [-0.25, -0.2) is 0 Å². The summed E-state index contributed by atoms with van der Waals surface area (Å²) in [5, 5.41) is 12.5. The Kier molecular flexibility index (Phi) is 2.29. The van der Waals surface area contributed by atoms with Crippen molar-refractivity contribution in [3.05, 3.63) is 0 Å². The van der Waals surface area contributed by atoms with Gasteiger partial charge in [0.25, 0.3) is 0 Å². The molecule has 0 aromatic rings.